The molecular formula is C23H22F3N5O2S. The van der Waals surface area contributed by atoms with Gasteiger partial charge < -0.3 is 10.4 Å². The molecule has 3 N–H and O–H groups in total. The second-order valence-electron chi connectivity index (χ2n) is 7.76. The number of alkyl halides is 3. The minimum absolute atomic E-state index is 0.0452. The number of hydrogen-bond acceptors (Lipinski definition) is 6. The Hall–Kier alpha value is -3.31. The average Bonchev–Trinajstić information content (AvgIpc) is 3.27. The monoisotopic (exact) mass is 489 g/mol. The predicted molar refractivity (Wildman–Crippen MR) is 121 cm³/mol. The van der Waals surface area contributed by atoms with Crippen molar-refractivity contribution >= 4 is 16.8 Å². The topological polar surface area (TPSA) is 95.4 Å². The summed E-state index contributed by atoms with van der Waals surface area (Å²) in [6.07, 6.45) is -4.42. The third-order valence-electron chi connectivity index (χ3n) is 5.39. The van der Waals surface area contributed by atoms with E-state index in [9.17, 15) is 23.1 Å². The van der Waals surface area contributed by atoms with Gasteiger partial charge in [-0.05, 0) is 29.8 Å². The molecule has 1 aliphatic rings. The van der Waals surface area contributed by atoms with Crippen molar-refractivity contribution in [1.29, 1.82) is 5.41 Å². The van der Waals surface area contributed by atoms with E-state index in [1.54, 1.807) is 11.6 Å². The van der Waals surface area contributed by atoms with Crippen LogP contribution in [0.5, 0.6) is 0 Å². The van der Waals surface area contributed by atoms with Crippen LogP contribution in [0.3, 0.4) is 0 Å². The second kappa shape index (κ2) is 9.51. The molecule has 2 heterocycles. The first kappa shape index (κ1) is 23.8. The molecule has 4 rings (SSSR count). The zero-order chi connectivity index (χ0) is 24.5. The molecule has 1 aliphatic heterocycles. The van der Waals surface area contributed by atoms with Crippen LogP contribution in [0, 0.1) is 5.41 Å². The molecule has 0 radical (unpaired) electrons. The van der Waals surface area contributed by atoms with Gasteiger partial charge in [0, 0.05) is 18.5 Å². The Morgan fingerprint density at radius 2 is 1.88 bits per heavy atom. The van der Waals surface area contributed by atoms with Gasteiger partial charge in [0.05, 0.1) is 29.8 Å². The van der Waals surface area contributed by atoms with Gasteiger partial charge in [0.15, 0.2) is 0 Å². The fourth-order valence-electron chi connectivity index (χ4n) is 3.60. The van der Waals surface area contributed by atoms with Gasteiger partial charge in [-0.1, -0.05) is 42.1 Å². The van der Waals surface area contributed by atoms with E-state index in [0.717, 1.165) is 17.0 Å². The van der Waals surface area contributed by atoms with Gasteiger partial charge in [0.25, 0.3) is 5.56 Å². The van der Waals surface area contributed by atoms with Gasteiger partial charge in [0.2, 0.25) is 5.62 Å². The first-order valence-corrected chi connectivity index (χ1v) is 11.2. The van der Waals surface area contributed by atoms with E-state index in [1.807, 2.05) is 30.3 Å². The molecule has 2 aromatic carbocycles. The largest absolute Gasteiger partial charge is 0.416 e. The number of benzene rings is 2. The Morgan fingerprint density at radius 1 is 1.21 bits per heavy atom. The number of aliphatic hydroxyl groups excluding tert-OH is 1. The summed E-state index contributed by atoms with van der Waals surface area (Å²) in [6, 6.07) is 13.6. The van der Waals surface area contributed by atoms with Crippen molar-refractivity contribution < 1.29 is 18.3 Å². The molecule has 1 atom stereocenters. The highest BCUT2D eigenvalue weighted by Crippen LogP contribution is 2.29. The van der Waals surface area contributed by atoms with Crippen molar-refractivity contribution in [3.05, 3.63) is 92.4 Å². The Bertz CT molecular complexity index is 1430. The van der Waals surface area contributed by atoms with Crippen LogP contribution in [0.1, 0.15) is 11.1 Å². The molecule has 0 fully saturated rings. The van der Waals surface area contributed by atoms with E-state index in [-0.39, 0.29) is 30.4 Å². The number of aromatic nitrogens is 2. The van der Waals surface area contributed by atoms with Crippen LogP contribution in [0.15, 0.2) is 69.3 Å². The van der Waals surface area contributed by atoms with E-state index in [2.05, 4.69) is 10.3 Å². The number of nitrogens with zero attached hydrogens (tertiary/aromatic N) is 3. The maximum Gasteiger partial charge on any atom is 0.416 e. The number of halogens is 3. The number of nitrogens with one attached hydrogen (secondary N) is 2. The van der Waals surface area contributed by atoms with Gasteiger partial charge in [-0.15, -0.1) is 0 Å². The summed E-state index contributed by atoms with van der Waals surface area (Å²) in [6.45, 7) is 0.224. The van der Waals surface area contributed by atoms with Crippen molar-refractivity contribution in [2.45, 2.75) is 30.2 Å². The Morgan fingerprint density at radius 3 is 2.50 bits per heavy atom. The molecule has 7 nitrogen and oxygen atoms in total. The van der Waals surface area contributed by atoms with Crippen molar-refractivity contribution in [3.8, 4) is 0 Å². The summed E-state index contributed by atoms with van der Waals surface area (Å²) in [5, 5.41) is 21.9. The van der Waals surface area contributed by atoms with Crippen LogP contribution in [0.4, 0.5) is 13.2 Å². The zero-order valence-electron chi connectivity index (χ0n) is 18.1. The lowest BCUT2D eigenvalue weighted by molar-refractivity contribution is -0.137. The van der Waals surface area contributed by atoms with Gasteiger partial charge in [-0.2, -0.15) is 13.2 Å². The van der Waals surface area contributed by atoms with Crippen LogP contribution in [-0.4, -0.2) is 26.9 Å². The first-order chi connectivity index (χ1) is 16.2. The fraction of sp³-hybridized carbons (Fsp3) is 0.261. The van der Waals surface area contributed by atoms with Gasteiger partial charge in [-0.25, -0.2) is 4.99 Å². The standard InChI is InChI=1S/C23H22F3N5O2S/c1-30-21(33)18(19(27)31-12-16(13-32)29-22(30)31)20(34-17-5-3-2-4-6-17)28-11-14-7-9-15(10-8-14)23(24,25)26/h2-10,16,27-28,32H,11-13H2,1H3/b20-18-,27-19?/t16-/m0/s1. The fourth-order valence-corrected chi connectivity index (χ4v) is 4.56. The molecule has 0 saturated heterocycles. The zero-order valence-corrected chi connectivity index (χ0v) is 19.0. The van der Waals surface area contributed by atoms with E-state index >= 15 is 0 Å². The number of fused-ring (bicyclic) bond motifs is 1. The summed E-state index contributed by atoms with van der Waals surface area (Å²) in [7, 11) is 1.56. The predicted octanol–water partition coefficient (Wildman–Crippen LogP) is 1.33. The lowest BCUT2D eigenvalue weighted by Crippen LogP contribution is -2.58. The molecule has 178 valence electrons. The van der Waals surface area contributed by atoms with Crippen molar-refractivity contribution in [1.82, 2.24) is 14.5 Å². The van der Waals surface area contributed by atoms with E-state index in [4.69, 9.17) is 5.41 Å². The Kier molecular flexibility index (Phi) is 6.67. The normalized spacial score (nSPS) is 16.1. The number of aliphatic hydroxyl groups is 1. The number of thioether (sulfide) groups is 1. The first-order valence-electron chi connectivity index (χ1n) is 10.4. The summed E-state index contributed by atoms with van der Waals surface area (Å²) >= 11 is 1.26. The highest BCUT2D eigenvalue weighted by Gasteiger charge is 2.30. The summed E-state index contributed by atoms with van der Waals surface area (Å²) in [4.78, 5) is 18.4. The third-order valence-corrected chi connectivity index (χ3v) is 6.45. The highest BCUT2D eigenvalue weighted by molar-refractivity contribution is 8.07. The molecule has 11 heteroatoms. The lowest BCUT2D eigenvalue weighted by atomic mass is 10.1. The molecule has 1 aromatic heterocycles. The smallest absolute Gasteiger partial charge is 0.394 e. The SMILES string of the molecule is Cn1c(=O)/c(=C(/NCc2ccc(C(F)(F)F)cc2)Sc2ccccc2)c(=N)n2c1=N[C@H](CO)C2. The van der Waals surface area contributed by atoms with Crippen molar-refractivity contribution in [2.24, 2.45) is 12.0 Å². The van der Waals surface area contributed by atoms with Crippen LogP contribution >= 0.6 is 11.8 Å². The van der Waals surface area contributed by atoms with Crippen LogP contribution < -0.4 is 27.2 Å². The molecule has 0 bridgehead atoms. The van der Waals surface area contributed by atoms with Crippen LogP contribution in [0.2, 0.25) is 0 Å². The molecule has 0 spiro atoms. The second-order valence-corrected chi connectivity index (χ2v) is 8.84. The minimum atomic E-state index is -4.42. The molecule has 0 amide bonds. The van der Waals surface area contributed by atoms with E-state index in [0.29, 0.717) is 16.2 Å². The maximum atomic E-state index is 13.3. The van der Waals surface area contributed by atoms with Crippen molar-refractivity contribution in [3.63, 3.8) is 0 Å². The van der Waals surface area contributed by atoms with Gasteiger partial charge >= 0.3 is 6.18 Å². The maximum absolute atomic E-state index is 13.3. The van der Waals surface area contributed by atoms with E-state index in [1.165, 1.54) is 28.5 Å². The van der Waals surface area contributed by atoms with Gasteiger partial charge in [0.1, 0.15) is 10.7 Å². The number of rotatable bonds is 6. The molecule has 0 saturated carbocycles. The third kappa shape index (κ3) is 4.80. The van der Waals surface area contributed by atoms with Crippen LogP contribution in [-0.2, 0) is 26.3 Å². The Balaban J connectivity index is 1.79. The molecular weight excluding hydrogens is 467 g/mol. The van der Waals surface area contributed by atoms with Crippen molar-refractivity contribution in [2.75, 3.05) is 6.61 Å². The molecule has 0 aliphatic carbocycles. The average molecular weight is 490 g/mol. The molecule has 0 unspecified atom stereocenters. The molecule has 3 aromatic rings. The number of hydrogen-bond donors (Lipinski definition) is 3. The lowest BCUT2D eigenvalue weighted by Gasteiger charge is -2.13. The van der Waals surface area contributed by atoms with Gasteiger partial charge in [-0.3, -0.25) is 19.3 Å². The Labute approximate surface area is 196 Å². The summed E-state index contributed by atoms with van der Waals surface area (Å²) in [5.74, 6) is 0. The highest BCUT2D eigenvalue weighted by atomic mass is 32.2. The summed E-state index contributed by atoms with van der Waals surface area (Å²) in [5.41, 5.74) is -0.317. The summed E-state index contributed by atoms with van der Waals surface area (Å²) < 4.78 is 41.6. The minimum Gasteiger partial charge on any atom is -0.394 e. The van der Waals surface area contributed by atoms with Crippen LogP contribution in [0.25, 0.3) is 5.03 Å². The molecule has 34 heavy (non-hydrogen) atoms. The van der Waals surface area contributed by atoms with E-state index < -0.39 is 23.3 Å². The quantitative estimate of drug-likeness (QED) is 0.456.